The normalized spacial score (nSPS) is 17.7. The highest BCUT2D eigenvalue weighted by molar-refractivity contribution is 7.05. The third kappa shape index (κ3) is 4.49. The van der Waals surface area contributed by atoms with E-state index in [1.54, 1.807) is 16.4 Å². The molecule has 118 valence electrons. The van der Waals surface area contributed by atoms with Crippen molar-refractivity contribution in [2.45, 2.75) is 26.8 Å². The van der Waals surface area contributed by atoms with Crippen LogP contribution in [0.3, 0.4) is 0 Å². The third-order valence-electron chi connectivity index (χ3n) is 4.10. The van der Waals surface area contributed by atoms with Gasteiger partial charge < -0.3 is 4.90 Å². The Balaban J connectivity index is 1.88. The van der Waals surface area contributed by atoms with Gasteiger partial charge in [0, 0.05) is 44.2 Å². The number of amides is 1. The van der Waals surface area contributed by atoms with Gasteiger partial charge in [0.2, 0.25) is 5.91 Å². The standard InChI is InChI=1S/C15H26N4OS/c1-12-14(13(2)21-16-12)10-18-6-5-7-19(9-8-18)11-15(20)17(3)4/h5-11H2,1-4H3. The Morgan fingerprint density at radius 1 is 1.19 bits per heavy atom. The number of nitrogens with zero attached hydrogens (tertiary/aromatic N) is 4. The van der Waals surface area contributed by atoms with E-state index in [9.17, 15) is 4.79 Å². The molecule has 1 amide bonds. The lowest BCUT2D eigenvalue weighted by atomic mass is 10.2. The highest BCUT2D eigenvalue weighted by atomic mass is 32.1. The van der Waals surface area contributed by atoms with Crippen LogP contribution in [0.4, 0.5) is 0 Å². The molecule has 0 aromatic carbocycles. The van der Waals surface area contributed by atoms with Crippen molar-refractivity contribution in [3.63, 3.8) is 0 Å². The SMILES string of the molecule is Cc1nsc(C)c1CN1CCCN(CC(=O)N(C)C)CC1. The molecule has 0 atom stereocenters. The van der Waals surface area contributed by atoms with E-state index in [1.165, 1.54) is 16.1 Å². The predicted molar refractivity (Wildman–Crippen MR) is 86.6 cm³/mol. The smallest absolute Gasteiger partial charge is 0.236 e. The molecule has 0 unspecified atom stereocenters. The van der Waals surface area contributed by atoms with Crippen molar-refractivity contribution in [1.29, 1.82) is 0 Å². The van der Waals surface area contributed by atoms with Crippen LogP contribution in [0.15, 0.2) is 0 Å². The first-order chi connectivity index (χ1) is 9.97. The minimum atomic E-state index is 0.192. The van der Waals surface area contributed by atoms with Crippen LogP contribution in [0, 0.1) is 13.8 Å². The summed E-state index contributed by atoms with van der Waals surface area (Å²) in [5, 5.41) is 0. The van der Waals surface area contributed by atoms with Crippen molar-refractivity contribution in [3.05, 3.63) is 16.1 Å². The quantitative estimate of drug-likeness (QED) is 0.842. The Bertz CT molecular complexity index is 467. The van der Waals surface area contributed by atoms with Crippen LogP contribution < -0.4 is 0 Å². The summed E-state index contributed by atoms with van der Waals surface area (Å²) in [6, 6.07) is 0. The van der Waals surface area contributed by atoms with Gasteiger partial charge in [0.1, 0.15) is 0 Å². The van der Waals surface area contributed by atoms with Gasteiger partial charge in [-0.25, -0.2) is 0 Å². The van der Waals surface area contributed by atoms with E-state index in [0.717, 1.165) is 39.1 Å². The summed E-state index contributed by atoms with van der Waals surface area (Å²) in [4.78, 5) is 19.6. The second-order valence-corrected chi connectivity index (χ2v) is 6.97. The zero-order chi connectivity index (χ0) is 15.4. The maximum absolute atomic E-state index is 11.8. The summed E-state index contributed by atoms with van der Waals surface area (Å²) in [5.41, 5.74) is 2.55. The second-order valence-electron chi connectivity index (χ2n) is 6.00. The Hall–Kier alpha value is -0.980. The van der Waals surface area contributed by atoms with Crippen molar-refractivity contribution in [1.82, 2.24) is 19.1 Å². The molecule has 0 N–H and O–H groups in total. The molecule has 2 rings (SSSR count). The number of aryl methyl sites for hydroxylation is 2. The summed E-state index contributed by atoms with van der Waals surface area (Å²) >= 11 is 1.60. The lowest BCUT2D eigenvalue weighted by Gasteiger charge is -2.22. The van der Waals surface area contributed by atoms with Crippen LogP contribution in [0.5, 0.6) is 0 Å². The fourth-order valence-electron chi connectivity index (χ4n) is 2.62. The molecule has 0 aliphatic carbocycles. The minimum Gasteiger partial charge on any atom is -0.348 e. The Morgan fingerprint density at radius 2 is 1.86 bits per heavy atom. The van der Waals surface area contributed by atoms with E-state index in [2.05, 4.69) is 28.0 Å². The first kappa shape index (κ1) is 16.4. The molecule has 0 saturated carbocycles. The molecule has 1 fully saturated rings. The Labute approximate surface area is 131 Å². The molecule has 2 heterocycles. The maximum Gasteiger partial charge on any atom is 0.236 e. The maximum atomic E-state index is 11.8. The molecule has 0 radical (unpaired) electrons. The number of hydrogen-bond donors (Lipinski definition) is 0. The van der Waals surface area contributed by atoms with E-state index in [-0.39, 0.29) is 5.91 Å². The first-order valence-electron chi connectivity index (χ1n) is 7.54. The van der Waals surface area contributed by atoms with Crippen molar-refractivity contribution >= 4 is 17.4 Å². The van der Waals surface area contributed by atoms with Crippen LogP contribution in [0.2, 0.25) is 0 Å². The molecule has 1 aliphatic rings. The molecule has 1 saturated heterocycles. The summed E-state index contributed by atoms with van der Waals surface area (Å²) in [6.45, 7) is 9.88. The van der Waals surface area contributed by atoms with Gasteiger partial charge in [-0.3, -0.25) is 14.6 Å². The highest BCUT2D eigenvalue weighted by Gasteiger charge is 2.19. The van der Waals surface area contributed by atoms with Gasteiger partial charge in [0.25, 0.3) is 0 Å². The first-order valence-corrected chi connectivity index (χ1v) is 8.31. The molecule has 1 aromatic rings. The summed E-state index contributed by atoms with van der Waals surface area (Å²) < 4.78 is 4.43. The number of carbonyl (C=O) groups is 1. The second kappa shape index (κ2) is 7.33. The van der Waals surface area contributed by atoms with Crippen LogP contribution in [0.25, 0.3) is 0 Å². The summed E-state index contributed by atoms with van der Waals surface area (Å²) in [6.07, 6.45) is 1.12. The number of aromatic nitrogens is 1. The van der Waals surface area contributed by atoms with Gasteiger partial charge in [-0.1, -0.05) is 0 Å². The largest absolute Gasteiger partial charge is 0.348 e. The predicted octanol–water partition coefficient (Wildman–Crippen LogP) is 1.36. The van der Waals surface area contributed by atoms with E-state index in [0.29, 0.717) is 6.54 Å². The van der Waals surface area contributed by atoms with Gasteiger partial charge in [0.05, 0.1) is 12.2 Å². The van der Waals surface area contributed by atoms with Crippen LogP contribution in [0.1, 0.15) is 22.6 Å². The molecular formula is C15H26N4OS. The minimum absolute atomic E-state index is 0.192. The molecule has 6 heteroatoms. The van der Waals surface area contributed by atoms with Crippen LogP contribution in [-0.4, -0.2) is 71.8 Å². The number of rotatable bonds is 4. The van der Waals surface area contributed by atoms with Gasteiger partial charge in [-0.15, -0.1) is 0 Å². The summed E-state index contributed by atoms with van der Waals surface area (Å²) in [7, 11) is 3.64. The van der Waals surface area contributed by atoms with Gasteiger partial charge in [-0.2, -0.15) is 4.37 Å². The van der Waals surface area contributed by atoms with Crippen molar-refractivity contribution in [2.24, 2.45) is 0 Å². The average Bonchev–Trinajstić information content (AvgIpc) is 2.65. The molecular weight excluding hydrogens is 284 g/mol. The average molecular weight is 310 g/mol. The molecule has 1 aromatic heterocycles. The van der Waals surface area contributed by atoms with E-state index >= 15 is 0 Å². The van der Waals surface area contributed by atoms with Gasteiger partial charge >= 0.3 is 0 Å². The van der Waals surface area contributed by atoms with E-state index < -0.39 is 0 Å². The van der Waals surface area contributed by atoms with Crippen molar-refractivity contribution in [2.75, 3.05) is 46.8 Å². The van der Waals surface area contributed by atoms with Crippen molar-refractivity contribution < 1.29 is 4.79 Å². The Kier molecular flexibility index (Phi) is 5.72. The number of hydrogen-bond acceptors (Lipinski definition) is 5. The van der Waals surface area contributed by atoms with Crippen molar-refractivity contribution in [3.8, 4) is 0 Å². The van der Waals surface area contributed by atoms with E-state index in [4.69, 9.17) is 0 Å². The molecule has 0 spiro atoms. The van der Waals surface area contributed by atoms with Gasteiger partial charge in [-0.05, 0) is 44.9 Å². The molecule has 1 aliphatic heterocycles. The lowest BCUT2D eigenvalue weighted by Crippen LogP contribution is -2.38. The fourth-order valence-corrected chi connectivity index (χ4v) is 3.33. The third-order valence-corrected chi connectivity index (χ3v) is 4.99. The molecule has 5 nitrogen and oxygen atoms in total. The summed E-state index contributed by atoms with van der Waals surface area (Å²) in [5.74, 6) is 0.192. The number of carbonyl (C=O) groups excluding carboxylic acids is 1. The van der Waals surface area contributed by atoms with Gasteiger partial charge in [0.15, 0.2) is 0 Å². The van der Waals surface area contributed by atoms with Crippen LogP contribution >= 0.6 is 11.5 Å². The lowest BCUT2D eigenvalue weighted by molar-refractivity contribution is -0.129. The monoisotopic (exact) mass is 310 g/mol. The van der Waals surface area contributed by atoms with E-state index in [1.807, 2.05) is 14.1 Å². The Morgan fingerprint density at radius 3 is 2.48 bits per heavy atom. The molecule has 0 bridgehead atoms. The zero-order valence-corrected chi connectivity index (χ0v) is 14.4. The molecule has 21 heavy (non-hydrogen) atoms. The topological polar surface area (TPSA) is 39.7 Å². The zero-order valence-electron chi connectivity index (χ0n) is 13.6. The number of likely N-dealkylation sites (N-methyl/N-ethyl adjacent to an activating group) is 1. The fraction of sp³-hybridized carbons (Fsp3) is 0.733. The highest BCUT2D eigenvalue weighted by Crippen LogP contribution is 2.19. The van der Waals surface area contributed by atoms with Crippen LogP contribution in [-0.2, 0) is 11.3 Å².